The minimum absolute atomic E-state index is 0.0369. The van der Waals surface area contributed by atoms with Gasteiger partial charge in [-0.3, -0.25) is 19.5 Å². The van der Waals surface area contributed by atoms with Gasteiger partial charge in [0.15, 0.2) is 5.78 Å². The van der Waals surface area contributed by atoms with Crippen molar-refractivity contribution in [1.29, 1.82) is 0 Å². The summed E-state index contributed by atoms with van der Waals surface area (Å²) >= 11 is 0. The van der Waals surface area contributed by atoms with Gasteiger partial charge in [0.1, 0.15) is 0 Å². The van der Waals surface area contributed by atoms with Gasteiger partial charge in [-0.25, -0.2) is 0 Å². The van der Waals surface area contributed by atoms with Crippen LogP contribution in [0.1, 0.15) is 24.8 Å². The Bertz CT molecular complexity index is 1050. The SMILES string of the molecule is NCN1CCCC1C(=O)[C@H](CCc1ccccc1)C(=O)Nc1cnc2ccccc2c1. The van der Waals surface area contributed by atoms with Crippen molar-refractivity contribution in [3.63, 3.8) is 0 Å². The second kappa shape index (κ2) is 9.81. The summed E-state index contributed by atoms with van der Waals surface area (Å²) in [4.78, 5) is 33.0. The third-order valence-corrected chi connectivity index (χ3v) is 6.01. The number of pyridine rings is 1. The molecule has 1 amide bonds. The van der Waals surface area contributed by atoms with E-state index < -0.39 is 5.92 Å². The lowest BCUT2D eigenvalue weighted by molar-refractivity contribution is -0.134. The predicted octanol–water partition coefficient (Wildman–Crippen LogP) is 3.37. The summed E-state index contributed by atoms with van der Waals surface area (Å²) in [6.07, 6.45) is 4.44. The monoisotopic (exact) mass is 416 g/mol. The Kier molecular flexibility index (Phi) is 6.70. The van der Waals surface area contributed by atoms with Gasteiger partial charge in [-0.2, -0.15) is 0 Å². The van der Waals surface area contributed by atoms with Gasteiger partial charge < -0.3 is 11.1 Å². The Morgan fingerprint density at radius 3 is 2.71 bits per heavy atom. The molecule has 2 heterocycles. The number of nitrogens with two attached hydrogens (primary N) is 1. The smallest absolute Gasteiger partial charge is 0.235 e. The van der Waals surface area contributed by atoms with Crippen molar-refractivity contribution in [3.05, 3.63) is 72.4 Å². The van der Waals surface area contributed by atoms with Gasteiger partial charge in [0.2, 0.25) is 5.91 Å². The van der Waals surface area contributed by atoms with E-state index in [2.05, 4.69) is 10.3 Å². The third-order valence-electron chi connectivity index (χ3n) is 6.01. The molecule has 0 spiro atoms. The number of hydrogen-bond acceptors (Lipinski definition) is 5. The summed E-state index contributed by atoms with van der Waals surface area (Å²) in [5.74, 6) is -1.05. The molecule has 160 valence electrons. The minimum atomic E-state index is -0.733. The maximum absolute atomic E-state index is 13.4. The summed E-state index contributed by atoms with van der Waals surface area (Å²) in [5.41, 5.74) is 8.42. The van der Waals surface area contributed by atoms with Crippen molar-refractivity contribution in [2.45, 2.75) is 31.7 Å². The summed E-state index contributed by atoms with van der Waals surface area (Å²) in [5, 5.41) is 3.88. The van der Waals surface area contributed by atoms with Crippen molar-refractivity contribution < 1.29 is 9.59 Å². The number of hydrogen-bond donors (Lipinski definition) is 2. The summed E-state index contributed by atoms with van der Waals surface area (Å²) in [7, 11) is 0. The zero-order valence-electron chi connectivity index (χ0n) is 17.5. The van der Waals surface area contributed by atoms with E-state index in [1.165, 1.54) is 0 Å². The number of para-hydroxylation sites is 1. The number of carbonyl (C=O) groups excluding carboxylic acids is 2. The van der Waals surface area contributed by atoms with Crippen LogP contribution in [0.15, 0.2) is 66.9 Å². The zero-order chi connectivity index (χ0) is 21.6. The van der Waals surface area contributed by atoms with Crippen LogP contribution in [-0.4, -0.2) is 40.8 Å². The van der Waals surface area contributed by atoms with Crippen molar-refractivity contribution in [1.82, 2.24) is 9.88 Å². The molecule has 3 N–H and O–H groups in total. The molecule has 0 radical (unpaired) electrons. The molecule has 2 atom stereocenters. The first-order chi connectivity index (χ1) is 15.2. The van der Waals surface area contributed by atoms with E-state index >= 15 is 0 Å². The average Bonchev–Trinajstić information content (AvgIpc) is 3.29. The molecule has 6 nitrogen and oxygen atoms in total. The van der Waals surface area contributed by atoms with Crippen LogP contribution in [0.3, 0.4) is 0 Å². The van der Waals surface area contributed by atoms with Crippen LogP contribution in [0.5, 0.6) is 0 Å². The Morgan fingerprint density at radius 2 is 1.90 bits per heavy atom. The Morgan fingerprint density at radius 1 is 1.13 bits per heavy atom. The van der Waals surface area contributed by atoms with E-state index in [0.717, 1.165) is 35.9 Å². The van der Waals surface area contributed by atoms with Gasteiger partial charge in [0.25, 0.3) is 0 Å². The first-order valence-corrected chi connectivity index (χ1v) is 10.8. The molecule has 1 aliphatic heterocycles. The van der Waals surface area contributed by atoms with Gasteiger partial charge in [-0.15, -0.1) is 0 Å². The maximum Gasteiger partial charge on any atom is 0.235 e. The normalized spacial score (nSPS) is 17.5. The number of benzene rings is 2. The lowest BCUT2D eigenvalue weighted by Gasteiger charge is -2.25. The van der Waals surface area contributed by atoms with Crippen LogP contribution >= 0.6 is 0 Å². The Hall–Kier alpha value is -3.09. The van der Waals surface area contributed by atoms with E-state index in [1.54, 1.807) is 6.20 Å². The number of aryl methyl sites for hydroxylation is 1. The van der Waals surface area contributed by atoms with Crippen LogP contribution in [-0.2, 0) is 16.0 Å². The van der Waals surface area contributed by atoms with Crippen LogP contribution in [0.25, 0.3) is 10.9 Å². The molecule has 0 saturated carbocycles. The van der Waals surface area contributed by atoms with Crippen LogP contribution in [0.2, 0.25) is 0 Å². The molecule has 1 saturated heterocycles. The van der Waals surface area contributed by atoms with Crippen molar-refractivity contribution in [2.75, 3.05) is 18.5 Å². The standard InChI is InChI=1S/C25H28N4O2/c26-17-29-14-6-11-23(29)24(30)21(13-12-18-7-2-1-3-8-18)25(31)28-20-15-19-9-4-5-10-22(19)27-16-20/h1-5,7-10,15-16,21,23H,6,11-14,17,26H2,(H,28,31)/t21-,23?/m0/s1. The fourth-order valence-electron chi connectivity index (χ4n) is 4.33. The highest BCUT2D eigenvalue weighted by Gasteiger charge is 2.37. The lowest BCUT2D eigenvalue weighted by Crippen LogP contribution is -2.45. The molecule has 1 aromatic heterocycles. The molecule has 2 aromatic carbocycles. The van der Waals surface area contributed by atoms with Gasteiger partial charge >= 0.3 is 0 Å². The number of ketones is 1. The first kappa shape index (κ1) is 21.2. The number of fused-ring (bicyclic) bond motifs is 1. The number of aromatic nitrogens is 1. The van der Waals surface area contributed by atoms with Gasteiger partial charge in [-0.05, 0) is 43.4 Å². The van der Waals surface area contributed by atoms with E-state index in [4.69, 9.17) is 5.73 Å². The number of amides is 1. The predicted molar refractivity (Wildman–Crippen MR) is 122 cm³/mol. The van der Waals surface area contributed by atoms with Gasteiger partial charge in [-0.1, -0.05) is 48.5 Å². The molecule has 31 heavy (non-hydrogen) atoms. The van der Waals surface area contributed by atoms with E-state index in [9.17, 15) is 9.59 Å². The second-order valence-corrected chi connectivity index (χ2v) is 8.04. The number of likely N-dealkylation sites (tertiary alicyclic amines) is 1. The third kappa shape index (κ3) is 4.98. The number of nitrogens with zero attached hydrogens (tertiary/aromatic N) is 2. The van der Waals surface area contributed by atoms with Crippen LogP contribution in [0, 0.1) is 5.92 Å². The lowest BCUT2D eigenvalue weighted by atomic mass is 9.89. The van der Waals surface area contributed by atoms with Crippen molar-refractivity contribution in [3.8, 4) is 0 Å². The fourth-order valence-corrected chi connectivity index (χ4v) is 4.33. The quantitative estimate of drug-likeness (QED) is 0.550. The van der Waals surface area contributed by atoms with Crippen molar-refractivity contribution in [2.24, 2.45) is 11.7 Å². The maximum atomic E-state index is 13.4. The largest absolute Gasteiger partial charge is 0.324 e. The number of Topliss-reactive ketones (excluding diaryl/α,β-unsaturated/α-hetero) is 1. The molecule has 0 bridgehead atoms. The number of anilines is 1. The van der Waals surface area contributed by atoms with E-state index in [0.29, 0.717) is 25.2 Å². The highest BCUT2D eigenvalue weighted by atomic mass is 16.2. The molecular weight excluding hydrogens is 388 g/mol. The summed E-state index contributed by atoms with van der Waals surface area (Å²) < 4.78 is 0. The van der Waals surface area contributed by atoms with Crippen LogP contribution in [0.4, 0.5) is 5.69 Å². The molecule has 6 heteroatoms. The molecule has 1 aliphatic rings. The summed E-state index contributed by atoms with van der Waals surface area (Å²) in [6, 6.07) is 19.3. The van der Waals surface area contributed by atoms with Gasteiger partial charge in [0, 0.05) is 18.6 Å². The molecule has 1 fully saturated rings. The second-order valence-electron chi connectivity index (χ2n) is 8.04. The molecular formula is C25H28N4O2. The fraction of sp³-hybridized carbons (Fsp3) is 0.320. The molecule has 4 rings (SSSR count). The van der Waals surface area contributed by atoms with Gasteiger partial charge in [0.05, 0.1) is 29.4 Å². The highest BCUT2D eigenvalue weighted by molar-refractivity contribution is 6.09. The Balaban J connectivity index is 1.54. The molecule has 0 aliphatic carbocycles. The van der Waals surface area contributed by atoms with E-state index in [1.807, 2.05) is 65.6 Å². The number of nitrogens with one attached hydrogen (secondary N) is 1. The number of rotatable bonds is 8. The topological polar surface area (TPSA) is 88.3 Å². The highest BCUT2D eigenvalue weighted by Crippen LogP contribution is 2.24. The number of carbonyl (C=O) groups is 2. The first-order valence-electron chi connectivity index (χ1n) is 10.8. The summed E-state index contributed by atoms with van der Waals surface area (Å²) in [6.45, 7) is 1.13. The zero-order valence-corrected chi connectivity index (χ0v) is 17.5. The molecule has 3 aromatic rings. The average molecular weight is 417 g/mol. The molecule has 1 unspecified atom stereocenters. The minimum Gasteiger partial charge on any atom is -0.324 e. The van der Waals surface area contributed by atoms with Crippen LogP contribution < -0.4 is 11.1 Å². The van der Waals surface area contributed by atoms with E-state index in [-0.39, 0.29) is 17.7 Å². The van der Waals surface area contributed by atoms with Crippen molar-refractivity contribution >= 4 is 28.3 Å². The Labute approximate surface area is 182 Å².